The van der Waals surface area contributed by atoms with Crippen molar-refractivity contribution < 1.29 is 23.5 Å². The molecule has 0 spiro atoms. The van der Waals surface area contributed by atoms with Gasteiger partial charge in [0.1, 0.15) is 12.4 Å². The van der Waals surface area contributed by atoms with Crippen LogP contribution < -0.4 is 0 Å². The second-order valence-electron chi connectivity index (χ2n) is 6.21. The van der Waals surface area contributed by atoms with E-state index in [9.17, 15) is 9.59 Å². The molecule has 1 aromatic carbocycles. The number of esters is 2. The summed E-state index contributed by atoms with van der Waals surface area (Å²) >= 11 is 0. The van der Waals surface area contributed by atoms with Crippen molar-refractivity contribution in [2.75, 3.05) is 7.11 Å². The molecule has 140 valence electrons. The molecule has 0 aliphatic heterocycles. The zero-order valence-electron chi connectivity index (χ0n) is 15.5. The molecule has 6 heteroatoms. The Bertz CT molecular complexity index is 936. The smallest absolute Gasteiger partial charge is 0.340 e. The molecule has 0 bridgehead atoms. The lowest BCUT2D eigenvalue weighted by atomic mass is 10.1. The lowest BCUT2D eigenvalue weighted by molar-refractivity contribution is 0.0470. The summed E-state index contributed by atoms with van der Waals surface area (Å²) in [4.78, 5) is 23.9. The Hall–Kier alpha value is -3.28. The zero-order valence-corrected chi connectivity index (χ0v) is 15.5. The second-order valence-corrected chi connectivity index (χ2v) is 6.21. The number of furan rings is 1. The average molecular weight is 367 g/mol. The molecule has 0 aliphatic carbocycles. The molecule has 6 nitrogen and oxygen atoms in total. The largest absolute Gasteiger partial charge is 0.467 e. The summed E-state index contributed by atoms with van der Waals surface area (Å²) in [7, 11) is 1.33. The quantitative estimate of drug-likeness (QED) is 0.618. The molecule has 0 fully saturated rings. The topological polar surface area (TPSA) is 70.7 Å². The first-order valence-electron chi connectivity index (χ1n) is 8.53. The van der Waals surface area contributed by atoms with Gasteiger partial charge in [-0.05, 0) is 49.7 Å². The number of carbonyl (C=O) groups is 2. The van der Waals surface area contributed by atoms with Crippen LogP contribution in [0.3, 0.4) is 0 Å². The van der Waals surface area contributed by atoms with Crippen LogP contribution in [0.15, 0.2) is 53.1 Å². The highest BCUT2D eigenvalue weighted by Crippen LogP contribution is 2.19. The number of ether oxygens (including phenoxy) is 2. The van der Waals surface area contributed by atoms with E-state index in [1.54, 1.807) is 30.5 Å². The van der Waals surface area contributed by atoms with Gasteiger partial charge in [-0.3, -0.25) is 0 Å². The van der Waals surface area contributed by atoms with Crippen LogP contribution in [0, 0.1) is 13.8 Å². The highest BCUT2D eigenvalue weighted by molar-refractivity contribution is 5.91. The maximum absolute atomic E-state index is 12.5. The van der Waals surface area contributed by atoms with Crippen LogP contribution in [0.5, 0.6) is 0 Å². The second kappa shape index (κ2) is 7.95. The van der Waals surface area contributed by atoms with Gasteiger partial charge in [-0.15, -0.1) is 0 Å². The van der Waals surface area contributed by atoms with Crippen molar-refractivity contribution >= 4 is 11.9 Å². The van der Waals surface area contributed by atoms with Crippen molar-refractivity contribution in [3.05, 3.63) is 82.6 Å². The Morgan fingerprint density at radius 1 is 1.07 bits per heavy atom. The normalized spacial score (nSPS) is 10.6. The lowest BCUT2D eigenvalue weighted by Gasteiger charge is -2.08. The highest BCUT2D eigenvalue weighted by Gasteiger charge is 2.18. The van der Waals surface area contributed by atoms with Gasteiger partial charge in [-0.2, -0.15) is 0 Å². The summed E-state index contributed by atoms with van der Waals surface area (Å²) < 4.78 is 17.5. The molecule has 0 amide bonds. The van der Waals surface area contributed by atoms with Crippen LogP contribution in [-0.4, -0.2) is 23.6 Å². The van der Waals surface area contributed by atoms with Crippen LogP contribution in [-0.2, 0) is 22.6 Å². The molecular weight excluding hydrogens is 346 g/mol. The Morgan fingerprint density at radius 2 is 1.81 bits per heavy atom. The number of nitrogens with zero attached hydrogens (tertiary/aromatic N) is 1. The molecule has 2 heterocycles. The fourth-order valence-corrected chi connectivity index (χ4v) is 2.89. The Kier molecular flexibility index (Phi) is 5.45. The van der Waals surface area contributed by atoms with Crippen LogP contribution in [0.1, 0.15) is 43.4 Å². The summed E-state index contributed by atoms with van der Waals surface area (Å²) in [6.45, 7) is 4.52. The van der Waals surface area contributed by atoms with Gasteiger partial charge in [0.25, 0.3) is 0 Å². The number of hydrogen-bond donors (Lipinski definition) is 0. The number of aromatic nitrogens is 1. The minimum Gasteiger partial charge on any atom is -0.467 e. The first-order chi connectivity index (χ1) is 13.0. The minimum atomic E-state index is -0.400. The first-order valence-corrected chi connectivity index (χ1v) is 8.53. The molecular formula is C21H21NO5. The van der Waals surface area contributed by atoms with Crippen molar-refractivity contribution in [3.8, 4) is 0 Å². The standard InChI is InChI=1S/C21H21NO5/c1-14-11-19(15(2)22(14)12-18-5-4-10-26-18)21(24)27-13-16-6-8-17(9-7-16)20(23)25-3/h4-11H,12-13H2,1-3H3. The Morgan fingerprint density at radius 3 is 2.44 bits per heavy atom. The van der Waals surface area contributed by atoms with Gasteiger partial charge in [-0.1, -0.05) is 12.1 Å². The Balaban J connectivity index is 1.67. The monoisotopic (exact) mass is 367 g/mol. The predicted molar refractivity (Wildman–Crippen MR) is 98.6 cm³/mol. The molecule has 0 saturated carbocycles. The van der Waals surface area contributed by atoms with E-state index < -0.39 is 5.97 Å². The zero-order chi connectivity index (χ0) is 19.4. The van der Waals surface area contributed by atoms with E-state index >= 15 is 0 Å². The molecule has 3 rings (SSSR count). The van der Waals surface area contributed by atoms with Crippen molar-refractivity contribution in [1.29, 1.82) is 0 Å². The van der Waals surface area contributed by atoms with Gasteiger partial charge in [0.15, 0.2) is 0 Å². The third-order valence-electron chi connectivity index (χ3n) is 4.43. The van der Waals surface area contributed by atoms with Crippen molar-refractivity contribution in [2.24, 2.45) is 0 Å². The molecule has 0 atom stereocenters. The predicted octanol–water partition coefficient (Wildman–Crippen LogP) is 3.89. The summed E-state index contributed by atoms with van der Waals surface area (Å²) in [6.07, 6.45) is 1.63. The number of benzene rings is 1. The average Bonchev–Trinajstić information content (AvgIpc) is 3.29. The van der Waals surface area contributed by atoms with Crippen LogP contribution >= 0.6 is 0 Å². The van der Waals surface area contributed by atoms with E-state index in [1.807, 2.05) is 36.6 Å². The lowest BCUT2D eigenvalue weighted by Crippen LogP contribution is -2.08. The van der Waals surface area contributed by atoms with Gasteiger partial charge in [-0.25, -0.2) is 9.59 Å². The number of carbonyl (C=O) groups excluding carboxylic acids is 2. The number of methoxy groups -OCH3 is 1. The third kappa shape index (κ3) is 4.11. The van der Waals surface area contributed by atoms with E-state index in [0.29, 0.717) is 17.7 Å². The number of hydrogen-bond acceptors (Lipinski definition) is 5. The molecule has 27 heavy (non-hydrogen) atoms. The molecule has 0 saturated heterocycles. The van der Waals surface area contributed by atoms with Gasteiger partial charge in [0.05, 0.1) is 31.0 Å². The van der Waals surface area contributed by atoms with Crippen molar-refractivity contribution in [2.45, 2.75) is 27.0 Å². The molecule has 0 radical (unpaired) electrons. The summed E-state index contributed by atoms with van der Waals surface area (Å²) in [5, 5.41) is 0. The van der Waals surface area contributed by atoms with E-state index in [1.165, 1.54) is 7.11 Å². The van der Waals surface area contributed by atoms with Gasteiger partial charge in [0, 0.05) is 11.4 Å². The molecule has 0 N–H and O–H groups in total. The first kappa shape index (κ1) is 18.5. The maximum Gasteiger partial charge on any atom is 0.340 e. The fraction of sp³-hybridized carbons (Fsp3) is 0.238. The fourth-order valence-electron chi connectivity index (χ4n) is 2.89. The van der Waals surface area contributed by atoms with Crippen molar-refractivity contribution in [1.82, 2.24) is 4.57 Å². The van der Waals surface area contributed by atoms with Gasteiger partial charge < -0.3 is 18.5 Å². The van der Waals surface area contributed by atoms with Crippen LogP contribution in [0.25, 0.3) is 0 Å². The third-order valence-corrected chi connectivity index (χ3v) is 4.43. The van der Waals surface area contributed by atoms with Crippen LogP contribution in [0.2, 0.25) is 0 Å². The van der Waals surface area contributed by atoms with Crippen LogP contribution in [0.4, 0.5) is 0 Å². The van der Waals surface area contributed by atoms with E-state index in [0.717, 1.165) is 22.7 Å². The highest BCUT2D eigenvalue weighted by atomic mass is 16.5. The number of rotatable bonds is 6. The molecule has 0 aliphatic rings. The van der Waals surface area contributed by atoms with Gasteiger partial charge in [0.2, 0.25) is 0 Å². The van der Waals surface area contributed by atoms with E-state index in [2.05, 4.69) is 4.74 Å². The number of aryl methyl sites for hydroxylation is 1. The molecule has 2 aromatic heterocycles. The molecule has 0 unspecified atom stereocenters. The van der Waals surface area contributed by atoms with E-state index in [-0.39, 0.29) is 12.6 Å². The molecule has 3 aromatic rings. The van der Waals surface area contributed by atoms with Gasteiger partial charge >= 0.3 is 11.9 Å². The maximum atomic E-state index is 12.5. The Labute approximate surface area is 157 Å². The summed E-state index contributed by atoms with van der Waals surface area (Å²) in [5.41, 5.74) is 3.56. The summed E-state index contributed by atoms with van der Waals surface area (Å²) in [6, 6.07) is 12.3. The van der Waals surface area contributed by atoms with E-state index in [4.69, 9.17) is 9.15 Å². The minimum absolute atomic E-state index is 0.127. The SMILES string of the molecule is COC(=O)c1ccc(COC(=O)c2cc(C)n(Cc3ccco3)c2C)cc1. The van der Waals surface area contributed by atoms with Crippen molar-refractivity contribution in [3.63, 3.8) is 0 Å². The summed E-state index contributed by atoms with van der Waals surface area (Å²) in [5.74, 6) is 0.0378.